The van der Waals surface area contributed by atoms with E-state index in [9.17, 15) is 9.90 Å². The number of fused-ring (bicyclic) bond motifs is 1. The van der Waals surface area contributed by atoms with Gasteiger partial charge in [0.25, 0.3) is 0 Å². The Morgan fingerprint density at radius 1 is 1.26 bits per heavy atom. The van der Waals surface area contributed by atoms with Gasteiger partial charge in [0.1, 0.15) is 6.29 Å². The molecule has 1 unspecified atom stereocenters. The number of halogens is 1. The Hall–Kier alpha value is -2.04. The molecule has 0 fully saturated rings. The van der Waals surface area contributed by atoms with Crippen LogP contribution in [0.3, 0.4) is 0 Å². The number of carbonyl (C=O) groups is 1. The van der Waals surface area contributed by atoms with Gasteiger partial charge < -0.3 is 9.90 Å². The van der Waals surface area contributed by atoms with Crippen molar-refractivity contribution in [3.8, 4) is 0 Å². The first-order chi connectivity index (χ1) is 13.1. The fourth-order valence-corrected chi connectivity index (χ4v) is 3.13. The lowest BCUT2D eigenvalue weighted by molar-refractivity contribution is -0.107. The van der Waals surface area contributed by atoms with Crippen molar-refractivity contribution in [3.05, 3.63) is 58.4 Å². The Kier molecular flexibility index (Phi) is 8.62. The van der Waals surface area contributed by atoms with E-state index in [0.29, 0.717) is 6.42 Å². The van der Waals surface area contributed by atoms with Crippen molar-refractivity contribution >= 4 is 28.9 Å². The van der Waals surface area contributed by atoms with E-state index in [2.05, 4.69) is 6.92 Å². The highest BCUT2D eigenvalue weighted by Gasteiger charge is 2.14. The molecule has 0 aliphatic rings. The van der Waals surface area contributed by atoms with E-state index in [1.54, 1.807) is 0 Å². The molecule has 0 spiro atoms. The quantitative estimate of drug-likeness (QED) is 0.345. The van der Waals surface area contributed by atoms with Gasteiger partial charge in [0.15, 0.2) is 0 Å². The highest BCUT2D eigenvalue weighted by atomic mass is 35.5. The van der Waals surface area contributed by atoms with E-state index in [0.717, 1.165) is 65.0 Å². The molecule has 1 aromatic heterocycles. The first kappa shape index (κ1) is 21.3. The summed E-state index contributed by atoms with van der Waals surface area (Å²) >= 11 is 6.18. The molecule has 0 radical (unpaired) electrons. The second-order valence-corrected chi connectivity index (χ2v) is 7.03. The van der Waals surface area contributed by atoms with E-state index in [-0.39, 0.29) is 12.5 Å². The summed E-state index contributed by atoms with van der Waals surface area (Å²) in [7, 11) is 0. The minimum absolute atomic E-state index is 0.0184. The van der Waals surface area contributed by atoms with Crippen LogP contribution in [0.2, 0.25) is 0 Å². The Labute approximate surface area is 166 Å². The molecule has 0 amide bonds. The van der Waals surface area contributed by atoms with Crippen molar-refractivity contribution in [3.63, 3.8) is 0 Å². The smallest absolute Gasteiger partial charge is 0.119 e. The van der Waals surface area contributed by atoms with Crippen molar-refractivity contribution in [1.29, 1.82) is 0 Å². The van der Waals surface area contributed by atoms with Gasteiger partial charge in [0, 0.05) is 17.4 Å². The van der Waals surface area contributed by atoms with Crippen LogP contribution in [0.4, 0.5) is 0 Å². The zero-order chi connectivity index (χ0) is 19.6. The maximum atomic E-state index is 10.6. The molecule has 2 aromatic rings. The largest absolute Gasteiger partial charge is 0.392 e. The third-order valence-corrected chi connectivity index (χ3v) is 4.65. The third kappa shape index (κ3) is 6.26. The van der Waals surface area contributed by atoms with Gasteiger partial charge in [-0.2, -0.15) is 0 Å². The Morgan fingerprint density at radius 3 is 2.78 bits per heavy atom. The van der Waals surface area contributed by atoms with Gasteiger partial charge >= 0.3 is 0 Å². The summed E-state index contributed by atoms with van der Waals surface area (Å²) in [6, 6.07) is 5.64. The molecule has 0 bridgehead atoms. The molecule has 1 aromatic carbocycles. The molecule has 0 aliphatic heterocycles. The van der Waals surface area contributed by atoms with Gasteiger partial charge in [-0.1, -0.05) is 43.7 Å². The molecular weight excluding hydrogens is 360 g/mol. The predicted molar refractivity (Wildman–Crippen MR) is 111 cm³/mol. The maximum Gasteiger partial charge on any atom is 0.119 e. The van der Waals surface area contributed by atoms with Crippen molar-refractivity contribution in [1.82, 2.24) is 9.97 Å². The van der Waals surface area contributed by atoms with Crippen LogP contribution >= 0.6 is 11.6 Å². The molecule has 0 aliphatic carbocycles. The number of aliphatic hydroxyl groups is 1. The first-order valence-electron chi connectivity index (χ1n) is 9.46. The zero-order valence-corrected chi connectivity index (χ0v) is 16.7. The first-order valence-corrected chi connectivity index (χ1v) is 9.84. The van der Waals surface area contributed by atoms with Crippen LogP contribution < -0.4 is 0 Å². The van der Waals surface area contributed by atoms with Crippen LogP contribution in [0.5, 0.6) is 0 Å². The standard InChI is InChI=1S/C22H27ClN2O2/c1-3-7-18(23)11-9-16(2)22-20(8-5-4-6-13-26)24-21-14-17(15-27)10-12-19(21)25-22/h7,9-14,16,27H,3-6,8,15H2,1-2H3/b11-9-,18-7+. The van der Waals surface area contributed by atoms with Crippen molar-refractivity contribution in [2.75, 3.05) is 0 Å². The van der Waals surface area contributed by atoms with Gasteiger partial charge in [0.05, 0.1) is 29.0 Å². The summed E-state index contributed by atoms with van der Waals surface area (Å²) in [4.78, 5) is 20.2. The number of aryl methyl sites for hydroxylation is 1. The van der Waals surface area contributed by atoms with Crippen LogP contribution in [0.15, 0.2) is 41.5 Å². The van der Waals surface area contributed by atoms with Crippen LogP contribution in [0.25, 0.3) is 11.0 Å². The van der Waals surface area contributed by atoms with Gasteiger partial charge in [0.2, 0.25) is 0 Å². The number of hydrogen-bond donors (Lipinski definition) is 1. The van der Waals surface area contributed by atoms with E-state index < -0.39 is 0 Å². The molecule has 1 heterocycles. The molecule has 2 rings (SSSR count). The van der Waals surface area contributed by atoms with Gasteiger partial charge in [-0.3, -0.25) is 0 Å². The molecule has 4 nitrogen and oxygen atoms in total. The summed E-state index contributed by atoms with van der Waals surface area (Å²) < 4.78 is 0. The lowest BCUT2D eigenvalue weighted by Gasteiger charge is -2.14. The summed E-state index contributed by atoms with van der Waals surface area (Å²) in [5.74, 6) is 0.0690. The number of allylic oxidation sites excluding steroid dienone is 4. The van der Waals surface area contributed by atoms with Crippen molar-refractivity contribution in [2.24, 2.45) is 0 Å². The monoisotopic (exact) mass is 386 g/mol. The highest BCUT2D eigenvalue weighted by Crippen LogP contribution is 2.24. The topological polar surface area (TPSA) is 63.1 Å². The molecule has 1 atom stereocenters. The number of nitrogens with zero attached hydrogens (tertiary/aromatic N) is 2. The van der Waals surface area contributed by atoms with Gasteiger partial charge in [-0.05, 0) is 49.5 Å². The molecule has 1 N–H and O–H groups in total. The molecule has 144 valence electrons. The minimum Gasteiger partial charge on any atom is -0.392 e. The van der Waals surface area contributed by atoms with Gasteiger partial charge in [-0.25, -0.2) is 9.97 Å². The third-order valence-electron chi connectivity index (χ3n) is 4.37. The van der Waals surface area contributed by atoms with E-state index in [1.165, 1.54) is 0 Å². The van der Waals surface area contributed by atoms with Crippen molar-refractivity contribution < 1.29 is 9.90 Å². The second-order valence-electron chi connectivity index (χ2n) is 6.59. The molecule has 0 saturated heterocycles. The van der Waals surface area contributed by atoms with Crippen LogP contribution in [-0.4, -0.2) is 21.4 Å². The fraction of sp³-hybridized carbons (Fsp3) is 0.409. The average molecular weight is 387 g/mol. The Morgan fingerprint density at radius 2 is 2.07 bits per heavy atom. The van der Waals surface area contributed by atoms with Crippen molar-refractivity contribution in [2.45, 2.75) is 58.5 Å². The lowest BCUT2D eigenvalue weighted by Crippen LogP contribution is -2.06. The number of benzene rings is 1. The zero-order valence-electron chi connectivity index (χ0n) is 16.0. The number of hydrogen-bond acceptors (Lipinski definition) is 4. The van der Waals surface area contributed by atoms with E-state index in [4.69, 9.17) is 21.6 Å². The number of aliphatic hydroxyl groups excluding tert-OH is 1. The predicted octanol–water partition coefficient (Wildman–Crippen LogP) is 5.23. The maximum absolute atomic E-state index is 10.6. The van der Waals surface area contributed by atoms with Crippen LogP contribution in [0, 0.1) is 0 Å². The Bertz CT molecular complexity index is 830. The van der Waals surface area contributed by atoms with E-state index >= 15 is 0 Å². The number of aldehydes is 1. The highest BCUT2D eigenvalue weighted by molar-refractivity contribution is 6.31. The summed E-state index contributed by atoms with van der Waals surface area (Å²) in [6.07, 6.45) is 10.8. The van der Waals surface area contributed by atoms with Crippen LogP contribution in [0.1, 0.15) is 62.4 Å². The number of rotatable bonds is 10. The molecule has 5 heteroatoms. The normalized spacial score (nSPS) is 13.4. The fourth-order valence-electron chi connectivity index (χ4n) is 2.91. The number of unbranched alkanes of at least 4 members (excludes halogenated alkanes) is 2. The molecular formula is C22H27ClN2O2. The van der Waals surface area contributed by atoms with E-state index in [1.807, 2.05) is 43.4 Å². The van der Waals surface area contributed by atoms with Gasteiger partial charge in [-0.15, -0.1) is 0 Å². The number of carbonyl (C=O) groups excluding carboxylic acids is 1. The SMILES string of the molecule is CC/C=C(Cl)\C=C/C(C)c1nc2ccc(CO)cc2nc1CCCCC=O. The second kappa shape index (κ2) is 11.0. The summed E-state index contributed by atoms with van der Waals surface area (Å²) in [5.41, 5.74) is 4.30. The summed E-state index contributed by atoms with van der Waals surface area (Å²) in [6.45, 7) is 4.11. The minimum atomic E-state index is -0.0184. The lowest BCUT2D eigenvalue weighted by atomic mass is 10.0. The Balaban J connectivity index is 2.37. The molecule has 27 heavy (non-hydrogen) atoms. The molecule has 0 saturated carbocycles. The number of aromatic nitrogens is 2. The average Bonchev–Trinajstić information content (AvgIpc) is 2.68. The van der Waals surface area contributed by atoms with Crippen LogP contribution in [-0.2, 0) is 17.8 Å². The summed E-state index contributed by atoms with van der Waals surface area (Å²) in [5, 5.41) is 10.1.